The van der Waals surface area contributed by atoms with Gasteiger partial charge in [-0.25, -0.2) is 0 Å². The third-order valence-corrected chi connectivity index (χ3v) is 0. The third-order valence-electron chi connectivity index (χ3n) is 0. The van der Waals surface area contributed by atoms with Crippen LogP contribution in [0.4, 0.5) is 0 Å². The molecular formula is CH5AuClN2S+. The molecule has 0 rings (SSSR count). The maximum Gasteiger partial charge on any atom is 1.00 e. The van der Waals surface area contributed by atoms with Gasteiger partial charge in [0.2, 0.25) is 0 Å². The number of hydrogen-bond acceptors (Lipinski definition) is 1. The Balaban J connectivity index is -0.0000000450. The van der Waals surface area contributed by atoms with Crippen LogP contribution in [0.2, 0.25) is 0 Å². The van der Waals surface area contributed by atoms with E-state index in [-0.39, 0.29) is 39.9 Å². The van der Waals surface area contributed by atoms with Gasteiger partial charge in [-0.05, 0) is 12.2 Å². The van der Waals surface area contributed by atoms with Crippen molar-refractivity contribution in [1.82, 2.24) is 0 Å². The number of rotatable bonds is 0. The van der Waals surface area contributed by atoms with Crippen LogP contribution in [0.3, 0.4) is 0 Å². The Bertz CT molecular complexity index is 36.5. The minimum atomic E-state index is 0. The van der Waals surface area contributed by atoms with Gasteiger partial charge in [0.05, 0.1) is 0 Å². The molecule has 4 N–H and O–H groups in total. The van der Waals surface area contributed by atoms with Crippen molar-refractivity contribution in [2.45, 2.75) is 0 Å². The average molecular weight is 310 g/mol. The zero-order valence-corrected chi connectivity index (χ0v) is 6.57. The molecule has 0 aliphatic heterocycles. The van der Waals surface area contributed by atoms with Gasteiger partial charge in [0.1, 0.15) is 0 Å². The fourth-order valence-corrected chi connectivity index (χ4v) is 0. The molecule has 0 aromatic carbocycles. The van der Waals surface area contributed by atoms with Gasteiger partial charge in [0.25, 0.3) is 0 Å². The molecule has 2 nitrogen and oxygen atoms in total. The average Bonchev–Trinajstić information content (AvgIpc) is 0.811. The SMILES string of the molecule is Cl.NC(N)=S.[Au+]. The fraction of sp³-hybridized carbons (Fsp3) is 0. The molecule has 0 atom stereocenters. The summed E-state index contributed by atoms with van der Waals surface area (Å²) >= 11 is 4.09. The summed E-state index contributed by atoms with van der Waals surface area (Å²) in [5, 5.41) is 0.000000000000000222. The largest absolute Gasteiger partial charge is 1.00 e. The Morgan fingerprint density at radius 2 is 1.33 bits per heavy atom. The third kappa shape index (κ3) is 126. The van der Waals surface area contributed by atoms with Gasteiger partial charge in [-0.2, -0.15) is 0 Å². The molecule has 5 heteroatoms. The Morgan fingerprint density at radius 1 is 1.33 bits per heavy atom. The van der Waals surface area contributed by atoms with E-state index in [4.69, 9.17) is 0 Å². The Morgan fingerprint density at radius 3 is 1.33 bits per heavy atom. The molecule has 0 bridgehead atoms. The van der Waals surface area contributed by atoms with Crippen molar-refractivity contribution in [2.24, 2.45) is 11.5 Å². The predicted molar refractivity (Wildman–Crippen MR) is 28.2 cm³/mol. The zero-order valence-electron chi connectivity index (χ0n) is 2.77. The van der Waals surface area contributed by atoms with Crippen LogP contribution < -0.4 is 11.5 Å². The van der Waals surface area contributed by atoms with E-state index in [1.807, 2.05) is 0 Å². The monoisotopic (exact) mass is 309 g/mol. The molecular weight excluding hydrogens is 305 g/mol. The Hall–Kier alpha value is 0.720. The fourth-order valence-electron chi connectivity index (χ4n) is 0. The zero-order chi connectivity index (χ0) is 3.58. The first-order valence-corrected chi connectivity index (χ1v) is 1.19. The van der Waals surface area contributed by atoms with Crippen molar-refractivity contribution in [3.8, 4) is 0 Å². The maximum absolute atomic E-state index is 4.62. The standard InChI is InChI=1S/CH4N2S.Au.ClH/c2-1(3)4;;/h(H4,2,3,4);;1H/q;+1;. The van der Waals surface area contributed by atoms with E-state index in [1.165, 1.54) is 0 Å². The van der Waals surface area contributed by atoms with Gasteiger partial charge in [-0.1, -0.05) is 0 Å². The molecule has 0 spiro atoms. The van der Waals surface area contributed by atoms with Crippen molar-refractivity contribution in [2.75, 3.05) is 0 Å². The first-order chi connectivity index (χ1) is 1.73. The van der Waals surface area contributed by atoms with Gasteiger partial charge in [0, 0.05) is 0 Å². The van der Waals surface area contributed by atoms with Gasteiger partial charge in [0.15, 0.2) is 5.11 Å². The number of halogens is 1. The molecule has 0 aromatic rings. The normalized spacial score (nSPS) is 4.00. The quantitative estimate of drug-likeness (QED) is 0.473. The van der Waals surface area contributed by atoms with E-state index < -0.39 is 0 Å². The second-order valence-electron chi connectivity index (χ2n) is 0.402. The molecule has 0 amide bonds. The maximum atomic E-state index is 4.62. The van der Waals surface area contributed by atoms with Crippen LogP contribution in [0.25, 0.3) is 0 Å². The van der Waals surface area contributed by atoms with Crippen LogP contribution >= 0.6 is 24.6 Å². The number of nitrogens with two attached hydrogens (primary N) is 2. The number of thiocarbonyl (C=S) groups is 1. The summed E-state index contributed by atoms with van der Waals surface area (Å²) < 4.78 is 0. The molecule has 0 heterocycles. The van der Waals surface area contributed by atoms with Crippen molar-refractivity contribution < 1.29 is 22.4 Å². The van der Waals surface area contributed by atoms with Crippen molar-refractivity contribution in [3.05, 3.63) is 0 Å². The van der Waals surface area contributed by atoms with Crippen LogP contribution in [0.5, 0.6) is 0 Å². The van der Waals surface area contributed by atoms with E-state index >= 15 is 0 Å². The Kier molecular flexibility index (Phi) is 24.4. The minimum absolute atomic E-state index is 0. The van der Waals surface area contributed by atoms with Gasteiger partial charge >= 0.3 is 22.4 Å². The van der Waals surface area contributed by atoms with Crippen LogP contribution in [0.1, 0.15) is 0 Å². The second kappa shape index (κ2) is 9.21. The van der Waals surface area contributed by atoms with E-state index in [0.29, 0.717) is 0 Å². The molecule has 0 unspecified atom stereocenters. The first kappa shape index (κ1) is 15.9. The Labute approximate surface area is 63.6 Å². The van der Waals surface area contributed by atoms with Crippen LogP contribution in [0, 0.1) is 0 Å². The summed E-state index contributed by atoms with van der Waals surface area (Å²) in [6.45, 7) is 0. The molecule has 0 saturated carbocycles. The van der Waals surface area contributed by atoms with Gasteiger partial charge in [-0.3, -0.25) is 0 Å². The van der Waals surface area contributed by atoms with Crippen molar-refractivity contribution in [1.29, 1.82) is 0 Å². The van der Waals surface area contributed by atoms with Crippen LogP contribution in [-0.2, 0) is 22.4 Å². The summed E-state index contributed by atoms with van der Waals surface area (Å²) in [6, 6.07) is 0. The van der Waals surface area contributed by atoms with Crippen LogP contribution in [0.15, 0.2) is 0 Å². The summed E-state index contributed by atoms with van der Waals surface area (Å²) in [4.78, 5) is 0. The molecule has 0 saturated heterocycles. The molecule has 0 fully saturated rings. The van der Waals surface area contributed by atoms with E-state index in [2.05, 4.69) is 23.7 Å². The topological polar surface area (TPSA) is 52.0 Å². The van der Waals surface area contributed by atoms with Gasteiger partial charge < -0.3 is 11.5 Å². The molecule has 0 aromatic heterocycles. The molecule has 42 valence electrons. The summed E-state index contributed by atoms with van der Waals surface area (Å²) in [5.74, 6) is 0. The number of hydrogen-bond donors (Lipinski definition) is 2. The summed E-state index contributed by atoms with van der Waals surface area (Å²) in [6.07, 6.45) is 0. The first-order valence-electron chi connectivity index (χ1n) is 0.781. The molecule has 6 heavy (non-hydrogen) atoms. The van der Waals surface area contributed by atoms with Crippen molar-refractivity contribution in [3.63, 3.8) is 0 Å². The van der Waals surface area contributed by atoms with E-state index in [1.54, 1.807) is 0 Å². The van der Waals surface area contributed by atoms with Crippen molar-refractivity contribution >= 4 is 29.7 Å². The smallest absolute Gasteiger partial charge is 0.377 e. The van der Waals surface area contributed by atoms with Crippen LogP contribution in [-0.4, -0.2) is 5.11 Å². The molecule has 0 radical (unpaired) electrons. The second-order valence-corrected chi connectivity index (χ2v) is 0.874. The van der Waals surface area contributed by atoms with E-state index in [9.17, 15) is 0 Å². The summed E-state index contributed by atoms with van der Waals surface area (Å²) in [5.41, 5.74) is 9.24. The van der Waals surface area contributed by atoms with Gasteiger partial charge in [-0.15, -0.1) is 12.4 Å². The minimum Gasteiger partial charge on any atom is -0.377 e. The molecule has 0 aliphatic carbocycles. The molecule has 0 aliphatic rings. The summed E-state index contributed by atoms with van der Waals surface area (Å²) in [7, 11) is 0. The predicted octanol–water partition coefficient (Wildman–Crippen LogP) is -0.392. The van der Waals surface area contributed by atoms with E-state index in [0.717, 1.165) is 0 Å².